The standard InChI is InChI=1S/C19H37N/c1-4-5-6-7-8-9-10-11-12-20-16-19-14-17(2)13-18(3)15-19/h13,17,19-20H,4-12,14-16H2,1-3H3. The Balaban J connectivity index is 1.86. The van der Waals surface area contributed by atoms with E-state index < -0.39 is 0 Å². The molecule has 0 aromatic rings. The number of hydrogen-bond acceptors (Lipinski definition) is 1. The van der Waals surface area contributed by atoms with Crippen molar-refractivity contribution in [2.24, 2.45) is 11.8 Å². The molecule has 1 N–H and O–H groups in total. The van der Waals surface area contributed by atoms with Gasteiger partial charge in [0.05, 0.1) is 0 Å². The van der Waals surface area contributed by atoms with Crippen LogP contribution in [0.3, 0.4) is 0 Å². The van der Waals surface area contributed by atoms with Crippen LogP contribution < -0.4 is 5.32 Å². The summed E-state index contributed by atoms with van der Waals surface area (Å²) in [4.78, 5) is 0. The third kappa shape index (κ3) is 8.79. The maximum Gasteiger partial charge on any atom is -0.00172 e. The molecule has 0 radical (unpaired) electrons. The van der Waals surface area contributed by atoms with Gasteiger partial charge in [-0.2, -0.15) is 0 Å². The Bertz CT molecular complexity index is 256. The Morgan fingerprint density at radius 2 is 1.70 bits per heavy atom. The minimum absolute atomic E-state index is 0.790. The van der Waals surface area contributed by atoms with Crippen molar-refractivity contribution in [3.05, 3.63) is 11.6 Å². The Kier molecular flexibility index (Phi) is 10.1. The highest BCUT2D eigenvalue weighted by atomic mass is 14.9. The first kappa shape index (κ1) is 17.8. The Morgan fingerprint density at radius 3 is 2.35 bits per heavy atom. The molecule has 0 aromatic carbocycles. The van der Waals surface area contributed by atoms with Gasteiger partial charge >= 0.3 is 0 Å². The van der Waals surface area contributed by atoms with E-state index in [0.717, 1.165) is 11.8 Å². The van der Waals surface area contributed by atoms with Crippen LogP contribution in [0.4, 0.5) is 0 Å². The van der Waals surface area contributed by atoms with Crippen molar-refractivity contribution in [1.29, 1.82) is 0 Å². The van der Waals surface area contributed by atoms with Crippen molar-refractivity contribution in [3.63, 3.8) is 0 Å². The van der Waals surface area contributed by atoms with Crippen LogP contribution in [0.2, 0.25) is 0 Å². The minimum atomic E-state index is 0.790. The summed E-state index contributed by atoms with van der Waals surface area (Å²) >= 11 is 0. The highest BCUT2D eigenvalue weighted by Gasteiger charge is 2.17. The van der Waals surface area contributed by atoms with Crippen LogP contribution in [0.1, 0.15) is 85.0 Å². The highest BCUT2D eigenvalue weighted by Crippen LogP contribution is 2.27. The molecule has 2 atom stereocenters. The normalized spacial score (nSPS) is 22.9. The molecular weight excluding hydrogens is 242 g/mol. The molecular formula is C19H37N. The van der Waals surface area contributed by atoms with E-state index in [1.165, 1.54) is 77.3 Å². The fourth-order valence-electron chi connectivity index (χ4n) is 3.53. The number of nitrogens with one attached hydrogen (secondary N) is 1. The molecule has 1 heteroatoms. The van der Waals surface area contributed by atoms with Crippen LogP contribution in [0.25, 0.3) is 0 Å². The van der Waals surface area contributed by atoms with Crippen molar-refractivity contribution in [2.75, 3.05) is 13.1 Å². The molecule has 0 saturated carbocycles. The molecule has 0 spiro atoms. The molecule has 0 saturated heterocycles. The Hall–Kier alpha value is -0.300. The summed E-state index contributed by atoms with van der Waals surface area (Å²) < 4.78 is 0. The van der Waals surface area contributed by atoms with E-state index >= 15 is 0 Å². The lowest BCUT2D eigenvalue weighted by Gasteiger charge is -2.25. The number of rotatable bonds is 11. The lowest BCUT2D eigenvalue weighted by molar-refractivity contribution is 0.379. The number of allylic oxidation sites excluding steroid dienone is 2. The summed E-state index contributed by atoms with van der Waals surface area (Å²) in [5.74, 6) is 1.67. The van der Waals surface area contributed by atoms with Crippen LogP contribution in [-0.2, 0) is 0 Å². The first-order valence-electron chi connectivity index (χ1n) is 9.10. The van der Waals surface area contributed by atoms with Crippen molar-refractivity contribution in [2.45, 2.75) is 85.0 Å². The van der Waals surface area contributed by atoms with Gasteiger partial charge in [-0.1, -0.05) is 70.4 Å². The van der Waals surface area contributed by atoms with E-state index in [4.69, 9.17) is 0 Å². The van der Waals surface area contributed by atoms with Crippen LogP contribution in [-0.4, -0.2) is 13.1 Å². The molecule has 2 unspecified atom stereocenters. The second kappa shape index (κ2) is 11.4. The monoisotopic (exact) mass is 279 g/mol. The predicted octanol–water partition coefficient (Wildman–Crippen LogP) is 5.71. The van der Waals surface area contributed by atoms with Crippen molar-refractivity contribution < 1.29 is 0 Å². The molecule has 0 bridgehead atoms. The molecule has 1 rings (SSSR count). The van der Waals surface area contributed by atoms with E-state index in [9.17, 15) is 0 Å². The van der Waals surface area contributed by atoms with E-state index in [0.29, 0.717) is 0 Å². The fourth-order valence-corrected chi connectivity index (χ4v) is 3.53. The van der Waals surface area contributed by atoms with Gasteiger partial charge in [0, 0.05) is 0 Å². The SMILES string of the molecule is CCCCCCCCCCNCC1CC(C)=CC(C)C1. The molecule has 118 valence electrons. The van der Waals surface area contributed by atoms with Crippen LogP contribution in [0, 0.1) is 11.8 Å². The number of unbranched alkanes of at least 4 members (excludes halogenated alkanes) is 7. The maximum absolute atomic E-state index is 3.68. The van der Waals surface area contributed by atoms with E-state index in [-0.39, 0.29) is 0 Å². The summed E-state index contributed by atoms with van der Waals surface area (Å²) in [6.07, 6.45) is 16.5. The van der Waals surface area contributed by atoms with E-state index in [2.05, 4.69) is 32.2 Å². The first-order valence-corrected chi connectivity index (χ1v) is 9.10. The minimum Gasteiger partial charge on any atom is -0.316 e. The zero-order chi connectivity index (χ0) is 14.6. The molecule has 0 fully saturated rings. The summed E-state index contributed by atoms with van der Waals surface area (Å²) in [7, 11) is 0. The molecule has 0 amide bonds. The van der Waals surface area contributed by atoms with Crippen molar-refractivity contribution >= 4 is 0 Å². The van der Waals surface area contributed by atoms with E-state index in [1.54, 1.807) is 5.57 Å². The highest BCUT2D eigenvalue weighted by molar-refractivity contribution is 5.06. The van der Waals surface area contributed by atoms with Gasteiger partial charge in [0.15, 0.2) is 0 Å². The van der Waals surface area contributed by atoms with Gasteiger partial charge in [-0.3, -0.25) is 0 Å². The van der Waals surface area contributed by atoms with Gasteiger partial charge in [-0.25, -0.2) is 0 Å². The molecule has 20 heavy (non-hydrogen) atoms. The number of hydrogen-bond donors (Lipinski definition) is 1. The van der Waals surface area contributed by atoms with Crippen molar-refractivity contribution in [3.8, 4) is 0 Å². The third-order valence-electron chi connectivity index (χ3n) is 4.52. The van der Waals surface area contributed by atoms with Gasteiger partial charge < -0.3 is 5.32 Å². The average molecular weight is 280 g/mol. The molecule has 0 aliphatic heterocycles. The predicted molar refractivity (Wildman–Crippen MR) is 91.1 cm³/mol. The van der Waals surface area contributed by atoms with E-state index in [1.807, 2.05) is 0 Å². The van der Waals surface area contributed by atoms with Gasteiger partial charge in [0.25, 0.3) is 0 Å². The zero-order valence-electron chi connectivity index (χ0n) is 14.2. The zero-order valence-corrected chi connectivity index (χ0v) is 14.2. The Labute approximate surface area is 127 Å². The second-order valence-electron chi connectivity index (χ2n) is 6.98. The molecule has 1 nitrogen and oxygen atoms in total. The third-order valence-corrected chi connectivity index (χ3v) is 4.52. The smallest absolute Gasteiger partial charge is 0.00172 e. The average Bonchev–Trinajstić information content (AvgIpc) is 2.40. The van der Waals surface area contributed by atoms with Crippen LogP contribution in [0.5, 0.6) is 0 Å². The summed E-state index contributed by atoms with van der Waals surface area (Å²) in [5.41, 5.74) is 1.60. The summed E-state index contributed by atoms with van der Waals surface area (Å²) in [6.45, 7) is 9.39. The van der Waals surface area contributed by atoms with Gasteiger partial charge in [0.1, 0.15) is 0 Å². The Morgan fingerprint density at radius 1 is 1.05 bits per heavy atom. The van der Waals surface area contributed by atoms with Gasteiger partial charge in [0.2, 0.25) is 0 Å². The summed E-state index contributed by atoms with van der Waals surface area (Å²) in [5, 5.41) is 3.68. The topological polar surface area (TPSA) is 12.0 Å². The van der Waals surface area contributed by atoms with Crippen LogP contribution in [0.15, 0.2) is 11.6 Å². The largest absolute Gasteiger partial charge is 0.316 e. The lowest BCUT2D eigenvalue weighted by atomic mass is 9.84. The summed E-state index contributed by atoms with van der Waals surface area (Å²) in [6, 6.07) is 0. The molecule has 1 aliphatic carbocycles. The molecule has 1 aliphatic rings. The quantitative estimate of drug-likeness (QED) is 0.377. The van der Waals surface area contributed by atoms with Crippen LogP contribution >= 0.6 is 0 Å². The molecule has 0 heterocycles. The van der Waals surface area contributed by atoms with Gasteiger partial charge in [-0.15, -0.1) is 0 Å². The lowest BCUT2D eigenvalue weighted by Crippen LogP contribution is -2.26. The first-order chi connectivity index (χ1) is 9.72. The molecule has 0 aromatic heterocycles. The van der Waals surface area contributed by atoms with Crippen molar-refractivity contribution in [1.82, 2.24) is 5.32 Å². The second-order valence-corrected chi connectivity index (χ2v) is 6.98. The van der Waals surface area contributed by atoms with Gasteiger partial charge in [-0.05, 0) is 51.1 Å². The fraction of sp³-hybridized carbons (Fsp3) is 0.895. The maximum atomic E-state index is 3.68.